The molecule has 0 radical (unpaired) electrons. The quantitative estimate of drug-likeness (QED) is 0.853. The number of aromatic hydroxyl groups is 1. The van der Waals surface area contributed by atoms with Crippen LogP contribution in [0.5, 0.6) is 11.5 Å². The highest BCUT2D eigenvalue weighted by Crippen LogP contribution is 2.29. The van der Waals surface area contributed by atoms with Gasteiger partial charge in [-0.15, -0.1) is 0 Å². The van der Waals surface area contributed by atoms with E-state index in [2.05, 4.69) is 17.3 Å². The van der Waals surface area contributed by atoms with Crippen LogP contribution in [0.2, 0.25) is 0 Å². The molecule has 1 aromatic carbocycles. The zero-order valence-corrected chi connectivity index (χ0v) is 11.9. The van der Waals surface area contributed by atoms with Crippen molar-refractivity contribution in [3.05, 3.63) is 23.8 Å². The fraction of sp³-hybridized carbons (Fsp3) is 0.600. The molecule has 1 aliphatic rings. The first kappa shape index (κ1) is 14.2. The predicted molar refractivity (Wildman–Crippen MR) is 76.6 cm³/mol. The number of piperidine rings is 1. The molecule has 0 spiro atoms. The lowest BCUT2D eigenvalue weighted by molar-refractivity contribution is 0.233. The molecule has 1 fully saturated rings. The Bertz CT molecular complexity index is 401. The first-order valence-electron chi connectivity index (χ1n) is 7.06. The van der Waals surface area contributed by atoms with Crippen molar-refractivity contribution in [3.63, 3.8) is 0 Å². The lowest BCUT2D eigenvalue weighted by Crippen LogP contribution is -2.40. The standard InChI is InChI=1S/C15H24N2O2/c1-3-19-14-6-4-5-12(15(14)18)11-16-13-7-9-17(2)10-8-13/h4-6,13,16,18H,3,7-11H2,1-2H3. The van der Waals surface area contributed by atoms with Gasteiger partial charge in [0.25, 0.3) is 0 Å². The summed E-state index contributed by atoms with van der Waals surface area (Å²) in [5.74, 6) is 0.843. The van der Waals surface area contributed by atoms with Gasteiger partial charge in [-0.2, -0.15) is 0 Å². The normalized spacial score (nSPS) is 17.6. The summed E-state index contributed by atoms with van der Waals surface area (Å²) in [6.07, 6.45) is 2.34. The molecule has 106 valence electrons. The lowest BCUT2D eigenvalue weighted by Gasteiger charge is -2.29. The summed E-state index contributed by atoms with van der Waals surface area (Å²) in [7, 11) is 2.16. The van der Waals surface area contributed by atoms with Crippen LogP contribution in [-0.4, -0.2) is 42.8 Å². The number of phenolic OH excluding ortho intramolecular Hbond substituents is 1. The number of para-hydroxylation sites is 1. The van der Waals surface area contributed by atoms with Crippen LogP contribution < -0.4 is 10.1 Å². The second-order valence-electron chi connectivity index (χ2n) is 5.16. The molecule has 2 rings (SSSR count). The Hall–Kier alpha value is -1.26. The fourth-order valence-electron chi connectivity index (χ4n) is 2.45. The Kier molecular flexibility index (Phi) is 5.05. The van der Waals surface area contributed by atoms with Gasteiger partial charge in [0, 0.05) is 18.2 Å². The highest BCUT2D eigenvalue weighted by Gasteiger charge is 2.16. The number of phenols is 1. The highest BCUT2D eigenvalue weighted by molar-refractivity contribution is 5.45. The molecule has 1 aromatic rings. The molecule has 19 heavy (non-hydrogen) atoms. The van der Waals surface area contributed by atoms with Crippen molar-refractivity contribution in [1.82, 2.24) is 10.2 Å². The average Bonchev–Trinajstić information content (AvgIpc) is 2.42. The van der Waals surface area contributed by atoms with E-state index in [0.29, 0.717) is 24.9 Å². The van der Waals surface area contributed by atoms with E-state index in [4.69, 9.17) is 4.74 Å². The Morgan fingerprint density at radius 3 is 2.79 bits per heavy atom. The number of nitrogens with one attached hydrogen (secondary N) is 1. The van der Waals surface area contributed by atoms with Crippen molar-refractivity contribution in [1.29, 1.82) is 0 Å². The molecule has 0 aromatic heterocycles. The van der Waals surface area contributed by atoms with E-state index >= 15 is 0 Å². The molecule has 0 atom stereocenters. The van der Waals surface area contributed by atoms with Crippen molar-refractivity contribution < 1.29 is 9.84 Å². The molecule has 4 nitrogen and oxygen atoms in total. The zero-order chi connectivity index (χ0) is 13.7. The third kappa shape index (κ3) is 3.85. The molecule has 1 heterocycles. The van der Waals surface area contributed by atoms with Gasteiger partial charge in [-0.1, -0.05) is 12.1 Å². The number of nitrogens with zero attached hydrogens (tertiary/aromatic N) is 1. The third-order valence-electron chi connectivity index (χ3n) is 3.68. The zero-order valence-electron chi connectivity index (χ0n) is 11.9. The minimum Gasteiger partial charge on any atom is -0.504 e. The molecule has 1 saturated heterocycles. The van der Waals surface area contributed by atoms with Gasteiger partial charge in [0.2, 0.25) is 0 Å². The fourth-order valence-corrected chi connectivity index (χ4v) is 2.45. The predicted octanol–water partition coefficient (Wildman–Crippen LogP) is 1.97. The summed E-state index contributed by atoms with van der Waals surface area (Å²) >= 11 is 0. The number of hydrogen-bond acceptors (Lipinski definition) is 4. The number of rotatable bonds is 5. The van der Waals surface area contributed by atoms with Crippen LogP contribution in [0.15, 0.2) is 18.2 Å². The van der Waals surface area contributed by atoms with Crippen LogP contribution in [0.3, 0.4) is 0 Å². The van der Waals surface area contributed by atoms with E-state index < -0.39 is 0 Å². The molecule has 1 aliphatic heterocycles. The molecule has 4 heteroatoms. The van der Waals surface area contributed by atoms with Gasteiger partial charge in [0.1, 0.15) is 0 Å². The minimum atomic E-state index is 0.268. The molecule has 0 saturated carbocycles. The average molecular weight is 264 g/mol. The van der Waals surface area contributed by atoms with Gasteiger partial charge in [-0.3, -0.25) is 0 Å². The minimum absolute atomic E-state index is 0.268. The Labute approximate surface area is 115 Å². The van der Waals surface area contributed by atoms with E-state index in [1.165, 1.54) is 12.8 Å². The van der Waals surface area contributed by atoms with E-state index in [1.54, 1.807) is 6.07 Å². The monoisotopic (exact) mass is 264 g/mol. The lowest BCUT2D eigenvalue weighted by atomic mass is 10.0. The number of ether oxygens (including phenoxy) is 1. The second-order valence-corrected chi connectivity index (χ2v) is 5.16. The molecular weight excluding hydrogens is 240 g/mol. The van der Waals surface area contributed by atoms with Gasteiger partial charge < -0.3 is 20.1 Å². The highest BCUT2D eigenvalue weighted by atomic mass is 16.5. The van der Waals surface area contributed by atoms with Crippen molar-refractivity contribution in [3.8, 4) is 11.5 Å². The van der Waals surface area contributed by atoms with Crippen LogP contribution in [0.25, 0.3) is 0 Å². The number of likely N-dealkylation sites (tertiary alicyclic amines) is 1. The molecule has 2 N–H and O–H groups in total. The molecular formula is C15H24N2O2. The summed E-state index contributed by atoms with van der Waals surface area (Å²) in [6, 6.07) is 6.22. The Balaban J connectivity index is 1.90. The molecule has 0 unspecified atom stereocenters. The summed E-state index contributed by atoms with van der Waals surface area (Å²) in [5, 5.41) is 13.6. The maximum atomic E-state index is 10.1. The molecule has 0 amide bonds. The second kappa shape index (κ2) is 6.78. The number of hydrogen-bond donors (Lipinski definition) is 2. The Morgan fingerprint density at radius 1 is 1.37 bits per heavy atom. The smallest absolute Gasteiger partial charge is 0.162 e. The largest absolute Gasteiger partial charge is 0.504 e. The van der Waals surface area contributed by atoms with E-state index in [9.17, 15) is 5.11 Å². The van der Waals surface area contributed by atoms with Crippen molar-refractivity contribution in [2.75, 3.05) is 26.7 Å². The van der Waals surface area contributed by atoms with E-state index in [1.807, 2.05) is 19.1 Å². The summed E-state index contributed by atoms with van der Waals surface area (Å²) in [6.45, 7) is 5.47. The first-order chi connectivity index (χ1) is 9.20. The van der Waals surface area contributed by atoms with Crippen LogP contribution in [0, 0.1) is 0 Å². The van der Waals surface area contributed by atoms with E-state index in [-0.39, 0.29) is 5.75 Å². The van der Waals surface area contributed by atoms with Crippen LogP contribution in [0.1, 0.15) is 25.3 Å². The van der Waals surface area contributed by atoms with Gasteiger partial charge in [0.05, 0.1) is 6.61 Å². The topological polar surface area (TPSA) is 44.7 Å². The summed E-state index contributed by atoms with van der Waals surface area (Å²) in [4.78, 5) is 2.35. The van der Waals surface area contributed by atoms with Crippen LogP contribution in [0.4, 0.5) is 0 Å². The third-order valence-corrected chi connectivity index (χ3v) is 3.68. The van der Waals surface area contributed by atoms with Crippen LogP contribution in [-0.2, 0) is 6.54 Å². The van der Waals surface area contributed by atoms with Gasteiger partial charge in [-0.05, 0) is 46.0 Å². The van der Waals surface area contributed by atoms with Crippen molar-refractivity contribution >= 4 is 0 Å². The summed E-state index contributed by atoms with van der Waals surface area (Å²) < 4.78 is 5.40. The van der Waals surface area contributed by atoms with Gasteiger partial charge in [-0.25, -0.2) is 0 Å². The van der Waals surface area contributed by atoms with Crippen molar-refractivity contribution in [2.45, 2.75) is 32.4 Å². The van der Waals surface area contributed by atoms with Gasteiger partial charge in [0.15, 0.2) is 11.5 Å². The maximum Gasteiger partial charge on any atom is 0.162 e. The Morgan fingerprint density at radius 2 is 2.11 bits per heavy atom. The van der Waals surface area contributed by atoms with Crippen LogP contribution >= 0.6 is 0 Å². The number of benzene rings is 1. The SMILES string of the molecule is CCOc1cccc(CNC2CCN(C)CC2)c1O. The van der Waals surface area contributed by atoms with Crippen molar-refractivity contribution in [2.24, 2.45) is 0 Å². The molecule has 0 bridgehead atoms. The summed E-state index contributed by atoms with van der Waals surface area (Å²) in [5.41, 5.74) is 0.907. The van der Waals surface area contributed by atoms with E-state index in [0.717, 1.165) is 18.7 Å². The molecule has 0 aliphatic carbocycles. The first-order valence-corrected chi connectivity index (χ1v) is 7.06. The van der Waals surface area contributed by atoms with Gasteiger partial charge >= 0.3 is 0 Å². The maximum absolute atomic E-state index is 10.1.